The maximum absolute atomic E-state index is 12.3. The van der Waals surface area contributed by atoms with Crippen molar-refractivity contribution in [3.8, 4) is 0 Å². The number of aliphatic hydroxyl groups excluding tert-OH is 1. The Hall–Kier alpha value is -1.95. The number of piperidine rings is 1. The first-order valence-corrected chi connectivity index (χ1v) is 9.63. The summed E-state index contributed by atoms with van der Waals surface area (Å²) in [5, 5.41) is 13.6. The fourth-order valence-corrected chi connectivity index (χ4v) is 4.47. The Morgan fingerprint density at radius 3 is 2.76 bits per heavy atom. The van der Waals surface area contributed by atoms with Crippen LogP contribution in [0.25, 0.3) is 10.9 Å². The number of fused-ring (bicyclic) bond motifs is 1. The summed E-state index contributed by atoms with van der Waals surface area (Å²) in [5.74, 6) is 0.310. The van der Waals surface area contributed by atoms with Gasteiger partial charge >= 0.3 is 0 Å². The van der Waals surface area contributed by atoms with Crippen LogP contribution in [0.4, 0.5) is 0 Å². The van der Waals surface area contributed by atoms with Gasteiger partial charge in [-0.1, -0.05) is 24.3 Å². The van der Waals surface area contributed by atoms with Crippen molar-refractivity contribution in [3.63, 3.8) is 0 Å². The van der Waals surface area contributed by atoms with Gasteiger partial charge in [-0.2, -0.15) is 0 Å². The Labute approximate surface area is 150 Å². The molecule has 1 aliphatic heterocycles. The molecule has 0 bridgehead atoms. The molecular formula is C20H22N2O2S. The number of hydrogen-bond acceptors (Lipinski definition) is 4. The number of thiophene rings is 1. The summed E-state index contributed by atoms with van der Waals surface area (Å²) >= 11 is 1.62. The van der Waals surface area contributed by atoms with E-state index in [1.165, 1.54) is 0 Å². The number of nitrogens with one attached hydrogen (secondary N) is 1. The lowest BCUT2D eigenvalue weighted by Crippen LogP contribution is -2.36. The first-order chi connectivity index (χ1) is 12.2. The van der Waals surface area contributed by atoms with E-state index in [0.717, 1.165) is 47.3 Å². The lowest BCUT2D eigenvalue weighted by Gasteiger charge is -2.33. The third kappa shape index (κ3) is 3.54. The maximum Gasteiger partial charge on any atom is 0.252 e. The summed E-state index contributed by atoms with van der Waals surface area (Å²) < 4.78 is 0. The van der Waals surface area contributed by atoms with E-state index in [9.17, 15) is 9.90 Å². The van der Waals surface area contributed by atoms with E-state index in [1.54, 1.807) is 11.3 Å². The van der Waals surface area contributed by atoms with Gasteiger partial charge in [0.05, 0.1) is 6.10 Å². The largest absolute Gasteiger partial charge is 0.387 e. The molecule has 1 unspecified atom stereocenters. The second-order valence-corrected chi connectivity index (χ2v) is 7.76. The van der Waals surface area contributed by atoms with Gasteiger partial charge in [0.2, 0.25) is 0 Å². The van der Waals surface area contributed by atoms with E-state index in [-0.39, 0.29) is 11.7 Å². The van der Waals surface area contributed by atoms with E-state index in [0.29, 0.717) is 12.5 Å². The molecule has 0 aliphatic carbocycles. The van der Waals surface area contributed by atoms with Gasteiger partial charge < -0.3 is 10.1 Å². The van der Waals surface area contributed by atoms with Crippen LogP contribution in [0.5, 0.6) is 0 Å². The lowest BCUT2D eigenvalue weighted by molar-refractivity contribution is 0.0590. The SMILES string of the molecule is O=c1[nH]c2ccccc2cc1CN1CCC(C(O)c2cccs2)CC1. The van der Waals surface area contributed by atoms with Gasteiger partial charge in [-0.15, -0.1) is 11.3 Å². The van der Waals surface area contributed by atoms with Crippen molar-refractivity contribution in [3.05, 3.63) is 68.6 Å². The molecule has 2 aromatic heterocycles. The number of hydrogen-bond donors (Lipinski definition) is 2. The van der Waals surface area contributed by atoms with E-state index >= 15 is 0 Å². The van der Waals surface area contributed by atoms with Gasteiger partial charge in [-0.3, -0.25) is 9.69 Å². The summed E-state index contributed by atoms with van der Waals surface area (Å²) in [4.78, 5) is 18.7. The second kappa shape index (κ2) is 7.12. The molecule has 25 heavy (non-hydrogen) atoms. The molecular weight excluding hydrogens is 332 g/mol. The molecule has 0 radical (unpaired) electrons. The average Bonchev–Trinajstić information content (AvgIpc) is 3.17. The van der Waals surface area contributed by atoms with E-state index < -0.39 is 0 Å². The van der Waals surface area contributed by atoms with Crippen LogP contribution in [-0.4, -0.2) is 28.1 Å². The van der Waals surface area contributed by atoms with Gasteiger partial charge in [0, 0.05) is 22.5 Å². The number of H-pyrrole nitrogens is 1. The Morgan fingerprint density at radius 1 is 1.20 bits per heavy atom. The number of nitrogens with zero attached hydrogens (tertiary/aromatic N) is 1. The zero-order valence-electron chi connectivity index (χ0n) is 14.0. The zero-order valence-corrected chi connectivity index (χ0v) is 14.8. The summed E-state index contributed by atoms with van der Waals surface area (Å²) in [6.07, 6.45) is 1.57. The molecule has 5 heteroatoms. The predicted molar refractivity (Wildman–Crippen MR) is 102 cm³/mol. The van der Waals surface area contributed by atoms with Crippen LogP contribution in [0.3, 0.4) is 0 Å². The fraction of sp³-hybridized carbons (Fsp3) is 0.350. The van der Waals surface area contributed by atoms with Crippen LogP contribution in [0.2, 0.25) is 0 Å². The average molecular weight is 354 g/mol. The first kappa shape index (κ1) is 16.5. The molecule has 3 heterocycles. The number of para-hydroxylation sites is 1. The number of aromatic nitrogens is 1. The molecule has 1 aliphatic rings. The van der Waals surface area contributed by atoms with Crippen molar-refractivity contribution in [2.75, 3.05) is 13.1 Å². The van der Waals surface area contributed by atoms with Crippen LogP contribution >= 0.6 is 11.3 Å². The van der Waals surface area contributed by atoms with Crippen molar-refractivity contribution >= 4 is 22.2 Å². The third-order valence-corrected chi connectivity index (χ3v) is 6.08. The molecule has 0 amide bonds. The van der Waals surface area contributed by atoms with Gasteiger partial charge in [0.25, 0.3) is 5.56 Å². The standard InChI is InChI=1S/C20H22N2O2S/c23-19(18-6-3-11-25-18)14-7-9-22(10-8-14)13-16-12-15-4-1-2-5-17(15)21-20(16)24/h1-6,11-12,14,19,23H,7-10,13H2,(H,21,24). The second-order valence-electron chi connectivity index (χ2n) is 6.78. The number of likely N-dealkylation sites (tertiary alicyclic amines) is 1. The Bertz CT molecular complexity index is 895. The highest BCUT2D eigenvalue weighted by molar-refractivity contribution is 7.10. The number of rotatable bonds is 4. The molecule has 1 fully saturated rings. The predicted octanol–water partition coefficient (Wildman–Crippen LogP) is 3.54. The summed E-state index contributed by atoms with van der Waals surface area (Å²) in [5.41, 5.74) is 1.70. The van der Waals surface area contributed by atoms with Crippen LogP contribution in [0.1, 0.15) is 29.4 Å². The number of aromatic amines is 1. The van der Waals surface area contributed by atoms with Gasteiger partial charge in [0.1, 0.15) is 0 Å². The van der Waals surface area contributed by atoms with Crippen LogP contribution in [0, 0.1) is 5.92 Å². The van der Waals surface area contributed by atoms with E-state index in [2.05, 4.69) is 9.88 Å². The van der Waals surface area contributed by atoms with Crippen molar-refractivity contribution in [1.82, 2.24) is 9.88 Å². The minimum atomic E-state index is -0.355. The van der Waals surface area contributed by atoms with Crippen molar-refractivity contribution in [2.24, 2.45) is 5.92 Å². The Kier molecular flexibility index (Phi) is 4.70. The molecule has 2 N–H and O–H groups in total. The monoisotopic (exact) mass is 354 g/mol. The number of aliphatic hydroxyl groups is 1. The molecule has 0 spiro atoms. The molecule has 3 aromatic rings. The fourth-order valence-electron chi connectivity index (χ4n) is 3.67. The van der Waals surface area contributed by atoms with Crippen molar-refractivity contribution in [2.45, 2.75) is 25.5 Å². The third-order valence-electron chi connectivity index (χ3n) is 5.14. The molecule has 0 saturated carbocycles. The topological polar surface area (TPSA) is 56.3 Å². The molecule has 130 valence electrons. The molecule has 1 atom stereocenters. The Balaban J connectivity index is 1.42. The van der Waals surface area contributed by atoms with Crippen molar-refractivity contribution in [1.29, 1.82) is 0 Å². The first-order valence-electron chi connectivity index (χ1n) is 8.75. The minimum Gasteiger partial charge on any atom is -0.387 e. The molecule has 1 aromatic carbocycles. The van der Waals surface area contributed by atoms with Gasteiger partial charge in [-0.05, 0) is 60.8 Å². The van der Waals surface area contributed by atoms with Crippen LogP contribution < -0.4 is 5.56 Å². The van der Waals surface area contributed by atoms with Gasteiger partial charge in [0.15, 0.2) is 0 Å². The van der Waals surface area contributed by atoms with Crippen LogP contribution in [0.15, 0.2) is 52.6 Å². The highest BCUT2D eigenvalue weighted by Crippen LogP contribution is 2.33. The Morgan fingerprint density at radius 2 is 2.00 bits per heavy atom. The highest BCUT2D eigenvalue weighted by Gasteiger charge is 2.27. The molecule has 1 saturated heterocycles. The van der Waals surface area contributed by atoms with Gasteiger partial charge in [-0.25, -0.2) is 0 Å². The highest BCUT2D eigenvalue weighted by atomic mass is 32.1. The smallest absolute Gasteiger partial charge is 0.252 e. The maximum atomic E-state index is 12.3. The normalized spacial score (nSPS) is 17.8. The number of pyridine rings is 1. The van der Waals surface area contributed by atoms with E-state index in [1.807, 2.05) is 47.8 Å². The lowest BCUT2D eigenvalue weighted by atomic mass is 9.90. The molecule has 4 rings (SSSR count). The van der Waals surface area contributed by atoms with Crippen molar-refractivity contribution < 1.29 is 5.11 Å². The van der Waals surface area contributed by atoms with E-state index in [4.69, 9.17) is 0 Å². The summed E-state index contributed by atoms with van der Waals surface area (Å²) in [7, 11) is 0. The molecule has 4 nitrogen and oxygen atoms in total. The summed E-state index contributed by atoms with van der Waals surface area (Å²) in [6, 6.07) is 13.9. The zero-order chi connectivity index (χ0) is 17.2. The quantitative estimate of drug-likeness (QED) is 0.753. The number of benzene rings is 1. The van der Waals surface area contributed by atoms with Crippen LogP contribution in [-0.2, 0) is 6.54 Å². The summed E-state index contributed by atoms with van der Waals surface area (Å²) in [6.45, 7) is 2.50. The minimum absolute atomic E-state index is 0.000515.